The summed E-state index contributed by atoms with van der Waals surface area (Å²) in [7, 11) is 0. The monoisotopic (exact) mass is 373 g/mol. The van der Waals surface area contributed by atoms with E-state index in [1.165, 1.54) is 24.3 Å². The van der Waals surface area contributed by atoms with Crippen molar-refractivity contribution in [2.24, 2.45) is 0 Å². The predicted molar refractivity (Wildman–Crippen MR) is 93.4 cm³/mol. The first-order valence-electron chi connectivity index (χ1n) is 7.93. The SMILES string of the molecule is O=C(Nc1cccc(C(F)(F)F)c1)c1ccc(=O)n(Cc2ccccc2)n1. The minimum atomic E-state index is -4.51. The van der Waals surface area contributed by atoms with Gasteiger partial charge in [0.25, 0.3) is 11.5 Å². The quantitative estimate of drug-likeness (QED) is 0.761. The molecule has 0 aliphatic carbocycles. The lowest BCUT2D eigenvalue weighted by Crippen LogP contribution is -2.26. The lowest BCUT2D eigenvalue weighted by atomic mass is 10.2. The van der Waals surface area contributed by atoms with Crippen molar-refractivity contribution in [3.05, 3.63) is 93.9 Å². The molecule has 0 saturated carbocycles. The smallest absolute Gasteiger partial charge is 0.321 e. The van der Waals surface area contributed by atoms with E-state index in [9.17, 15) is 22.8 Å². The van der Waals surface area contributed by atoms with Crippen LogP contribution >= 0.6 is 0 Å². The summed E-state index contributed by atoms with van der Waals surface area (Å²) in [6, 6.07) is 15.8. The number of halogens is 3. The number of nitrogens with zero attached hydrogens (tertiary/aromatic N) is 2. The van der Waals surface area contributed by atoms with Crippen molar-refractivity contribution in [1.29, 1.82) is 0 Å². The van der Waals surface area contributed by atoms with Gasteiger partial charge in [-0.1, -0.05) is 36.4 Å². The summed E-state index contributed by atoms with van der Waals surface area (Å²) in [6.45, 7) is 0.171. The predicted octanol–water partition coefficient (Wildman–Crippen LogP) is 3.56. The maximum atomic E-state index is 12.8. The van der Waals surface area contributed by atoms with Gasteiger partial charge < -0.3 is 5.32 Å². The first kappa shape index (κ1) is 18.4. The molecule has 0 aliphatic heterocycles. The van der Waals surface area contributed by atoms with E-state index in [-0.39, 0.29) is 17.9 Å². The zero-order chi connectivity index (χ0) is 19.4. The third-order valence-corrected chi connectivity index (χ3v) is 3.72. The van der Waals surface area contributed by atoms with Gasteiger partial charge in [-0.15, -0.1) is 0 Å². The van der Waals surface area contributed by atoms with Gasteiger partial charge in [0.15, 0.2) is 0 Å². The van der Waals surface area contributed by atoms with Gasteiger partial charge in [0.1, 0.15) is 5.69 Å². The van der Waals surface area contributed by atoms with Gasteiger partial charge in [0, 0.05) is 11.8 Å². The Labute approximate surface area is 152 Å². The highest BCUT2D eigenvalue weighted by Gasteiger charge is 2.30. The summed E-state index contributed by atoms with van der Waals surface area (Å²) in [6.07, 6.45) is -4.51. The normalized spacial score (nSPS) is 11.2. The fourth-order valence-electron chi connectivity index (χ4n) is 2.41. The van der Waals surface area contributed by atoms with Crippen molar-refractivity contribution in [2.75, 3.05) is 5.32 Å². The number of alkyl halides is 3. The van der Waals surface area contributed by atoms with Crippen LogP contribution in [0.15, 0.2) is 71.5 Å². The van der Waals surface area contributed by atoms with Gasteiger partial charge in [0.2, 0.25) is 0 Å². The summed E-state index contributed by atoms with van der Waals surface area (Å²) in [4.78, 5) is 24.3. The Morgan fingerprint density at radius 3 is 2.44 bits per heavy atom. The van der Waals surface area contributed by atoms with E-state index >= 15 is 0 Å². The second-order valence-electron chi connectivity index (χ2n) is 5.73. The molecule has 0 bridgehead atoms. The molecule has 0 aliphatic rings. The van der Waals surface area contributed by atoms with Crippen LogP contribution in [0.4, 0.5) is 18.9 Å². The van der Waals surface area contributed by atoms with E-state index in [2.05, 4.69) is 10.4 Å². The average Bonchev–Trinajstić information content (AvgIpc) is 2.64. The summed E-state index contributed by atoms with van der Waals surface area (Å²) in [5.74, 6) is -0.712. The minimum absolute atomic E-state index is 0.0163. The fraction of sp³-hybridized carbons (Fsp3) is 0.105. The zero-order valence-corrected chi connectivity index (χ0v) is 13.9. The summed E-state index contributed by atoms with van der Waals surface area (Å²) < 4.78 is 39.4. The Morgan fingerprint density at radius 2 is 1.74 bits per heavy atom. The fourth-order valence-corrected chi connectivity index (χ4v) is 2.41. The molecule has 138 valence electrons. The Morgan fingerprint density at radius 1 is 1.00 bits per heavy atom. The number of hydrogen-bond acceptors (Lipinski definition) is 3. The second-order valence-corrected chi connectivity index (χ2v) is 5.73. The Kier molecular flexibility index (Phi) is 5.07. The van der Waals surface area contributed by atoms with Crippen LogP contribution in [0.1, 0.15) is 21.6 Å². The molecule has 0 fully saturated rings. The standard InChI is InChI=1S/C19H14F3N3O2/c20-19(21,22)14-7-4-8-15(11-14)23-18(27)16-9-10-17(26)25(24-16)12-13-5-2-1-3-6-13/h1-11H,12H2,(H,23,27). The van der Waals surface area contributed by atoms with Gasteiger partial charge in [0.05, 0.1) is 12.1 Å². The van der Waals surface area contributed by atoms with Gasteiger partial charge in [-0.2, -0.15) is 18.3 Å². The van der Waals surface area contributed by atoms with E-state index < -0.39 is 23.2 Å². The molecule has 0 radical (unpaired) electrons. The third kappa shape index (κ3) is 4.60. The molecule has 1 N–H and O–H groups in total. The Hall–Kier alpha value is -3.42. The van der Waals surface area contributed by atoms with Crippen molar-refractivity contribution in [3.8, 4) is 0 Å². The van der Waals surface area contributed by atoms with Crippen molar-refractivity contribution in [2.45, 2.75) is 12.7 Å². The van der Waals surface area contributed by atoms with E-state index in [4.69, 9.17) is 0 Å². The van der Waals surface area contributed by atoms with Crippen LogP contribution in [-0.2, 0) is 12.7 Å². The summed E-state index contributed by atoms with van der Waals surface area (Å²) in [5, 5.41) is 6.37. The number of nitrogens with one attached hydrogen (secondary N) is 1. The molecule has 1 aromatic heterocycles. The van der Waals surface area contributed by atoms with Gasteiger partial charge >= 0.3 is 6.18 Å². The molecule has 3 aromatic rings. The highest BCUT2D eigenvalue weighted by atomic mass is 19.4. The number of rotatable bonds is 4. The van der Waals surface area contributed by atoms with Crippen LogP contribution < -0.4 is 10.9 Å². The maximum absolute atomic E-state index is 12.8. The molecule has 1 amide bonds. The highest BCUT2D eigenvalue weighted by Crippen LogP contribution is 2.30. The average molecular weight is 373 g/mol. The van der Waals surface area contributed by atoms with Crippen LogP contribution in [0.2, 0.25) is 0 Å². The molecule has 0 saturated heterocycles. The molecular weight excluding hydrogens is 359 g/mol. The van der Waals surface area contributed by atoms with Crippen LogP contribution in [0, 0.1) is 0 Å². The maximum Gasteiger partial charge on any atom is 0.416 e. The van der Waals surface area contributed by atoms with Crippen molar-refractivity contribution in [1.82, 2.24) is 9.78 Å². The van der Waals surface area contributed by atoms with Crippen molar-refractivity contribution >= 4 is 11.6 Å². The first-order valence-corrected chi connectivity index (χ1v) is 7.93. The number of aromatic nitrogens is 2. The van der Waals surface area contributed by atoms with Crippen LogP contribution in [0.5, 0.6) is 0 Å². The summed E-state index contributed by atoms with van der Waals surface area (Å²) in [5.41, 5.74) is -0.542. The number of carbonyl (C=O) groups excluding carboxylic acids is 1. The second kappa shape index (κ2) is 7.45. The van der Waals surface area contributed by atoms with E-state index in [0.717, 1.165) is 22.4 Å². The van der Waals surface area contributed by atoms with Gasteiger partial charge in [-0.3, -0.25) is 9.59 Å². The Balaban J connectivity index is 1.81. The van der Waals surface area contributed by atoms with Crippen LogP contribution in [0.25, 0.3) is 0 Å². The van der Waals surface area contributed by atoms with Gasteiger partial charge in [-0.25, -0.2) is 4.68 Å². The first-order chi connectivity index (χ1) is 12.8. The largest absolute Gasteiger partial charge is 0.416 e. The Bertz CT molecular complexity index is 1010. The molecule has 27 heavy (non-hydrogen) atoms. The zero-order valence-electron chi connectivity index (χ0n) is 13.9. The lowest BCUT2D eigenvalue weighted by Gasteiger charge is -2.10. The van der Waals surface area contributed by atoms with E-state index in [0.29, 0.717) is 0 Å². The topological polar surface area (TPSA) is 64.0 Å². The minimum Gasteiger partial charge on any atom is -0.321 e. The molecule has 0 spiro atoms. The molecule has 2 aromatic carbocycles. The third-order valence-electron chi connectivity index (χ3n) is 3.72. The molecule has 5 nitrogen and oxygen atoms in total. The highest BCUT2D eigenvalue weighted by molar-refractivity contribution is 6.02. The van der Waals surface area contributed by atoms with Gasteiger partial charge in [-0.05, 0) is 29.8 Å². The molecular formula is C19H14F3N3O2. The number of amides is 1. The van der Waals surface area contributed by atoms with Crippen LogP contribution in [-0.4, -0.2) is 15.7 Å². The van der Waals surface area contributed by atoms with Crippen LogP contribution in [0.3, 0.4) is 0 Å². The molecule has 0 atom stereocenters. The molecule has 8 heteroatoms. The number of hydrogen-bond donors (Lipinski definition) is 1. The number of benzene rings is 2. The van der Waals surface area contributed by atoms with Crippen molar-refractivity contribution < 1.29 is 18.0 Å². The number of anilines is 1. The summed E-state index contributed by atoms with van der Waals surface area (Å²) >= 11 is 0. The van der Waals surface area contributed by atoms with E-state index in [1.54, 1.807) is 0 Å². The number of carbonyl (C=O) groups is 1. The molecule has 0 unspecified atom stereocenters. The molecule has 3 rings (SSSR count). The van der Waals surface area contributed by atoms with Crippen molar-refractivity contribution in [3.63, 3.8) is 0 Å². The molecule has 1 heterocycles. The van der Waals surface area contributed by atoms with E-state index in [1.807, 2.05) is 30.3 Å². The lowest BCUT2D eigenvalue weighted by molar-refractivity contribution is -0.137.